The van der Waals surface area contributed by atoms with E-state index in [0.29, 0.717) is 11.1 Å². The number of halogens is 3. The second-order valence-corrected chi connectivity index (χ2v) is 8.33. The van der Waals surface area contributed by atoms with Crippen LogP contribution in [0.15, 0.2) is 41.3 Å². The van der Waals surface area contributed by atoms with Gasteiger partial charge in [0.15, 0.2) is 11.6 Å². The third kappa shape index (κ3) is 4.34. The fraction of sp³-hybridized carbons (Fsp3) is 0.261. The average molecular weight is 492 g/mol. The van der Waals surface area contributed by atoms with Gasteiger partial charge in [-0.15, -0.1) is 0 Å². The molecule has 178 valence electrons. The molecule has 11 heteroatoms. The number of carbonyl (C=O) groups is 2. The van der Waals surface area contributed by atoms with Crippen molar-refractivity contribution in [2.45, 2.75) is 25.6 Å². The Morgan fingerprint density at radius 3 is 2.68 bits per heavy atom. The highest BCUT2D eigenvalue weighted by molar-refractivity contribution is 6.30. The molecule has 0 bridgehead atoms. The molecule has 0 spiro atoms. The molecule has 0 aliphatic carbocycles. The second-order valence-electron chi connectivity index (χ2n) is 7.89. The maximum absolute atomic E-state index is 14.2. The van der Waals surface area contributed by atoms with Crippen molar-refractivity contribution in [1.29, 1.82) is 0 Å². The highest BCUT2D eigenvalue weighted by Crippen LogP contribution is 2.35. The Bertz CT molecular complexity index is 1340. The first-order valence-corrected chi connectivity index (χ1v) is 10.7. The fourth-order valence-corrected chi connectivity index (χ4v) is 3.83. The van der Waals surface area contributed by atoms with Crippen LogP contribution in [-0.4, -0.2) is 40.7 Å². The summed E-state index contributed by atoms with van der Waals surface area (Å²) in [7, 11) is 0. The van der Waals surface area contributed by atoms with Crippen LogP contribution in [-0.2, 0) is 11.3 Å². The van der Waals surface area contributed by atoms with Gasteiger partial charge in [-0.25, -0.2) is 4.39 Å². The summed E-state index contributed by atoms with van der Waals surface area (Å²) < 4.78 is 35.0. The number of hydrogen-bond acceptors (Lipinski definition) is 5. The number of pyridine rings is 1. The molecule has 1 aliphatic rings. The highest BCUT2D eigenvalue weighted by Gasteiger charge is 2.29. The first kappa shape index (κ1) is 23.7. The van der Waals surface area contributed by atoms with Crippen molar-refractivity contribution in [3.8, 4) is 5.75 Å². The third-order valence-electron chi connectivity index (χ3n) is 5.54. The molecule has 3 aromatic rings. The number of aliphatic hydroxyl groups is 1. The Balaban J connectivity index is 1.60. The van der Waals surface area contributed by atoms with Gasteiger partial charge >= 0.3 is 0 Å². The van der Waals surface area contributed by atoms with Crippen LogP contribution in [0.1, 0.15) is 28.9 Å². The van der Waals surface area contributed by atoms with E-state index in [1.165, 1.54) is 10.8 Å². The summed E-state index contributed by atoms with van der Waals surface area (Å²) in [6, 6.07) is 5.70. The van der Waals surface area contributed by atoms with Gasteiger partial charge in [-0.2, -0.15) is 4.39 Å². The maximum atomic E-state index is 14.2. The third-order valence-corrected chi connectivity index (χ3v) is 5.79. The van der Waals surface area contributed by atoms with Gasteiger partial charge in [-0.1, -0.05) is 23.7 Å². The molecule has 0 saturated heterocycles. The average Bonchev–Trinajstić information content (AvgIpc) is 2.82. The first-order chi connectivity index (χ1) is 16.2. The van der Waals surface area contributed by atoms with Crippen molar-refractivity contribution in [3.63, 3.8) is 0 Å². The van der Waals surface area contributed by atoms with Crippen LogP contribution in [0.5, 0.6) is 5.75 Å². The Kier molecular flexibility index (Phi) is 6.54. The quantitative estimate of drug-likeness (QED) is 0.490. The lowest BCUT2D eigenvalue weighted by atomic mass is 10.1. The second kappa shape index (κ2) is 9.40. The Hall–Kier alpha value is -3.50. The number of rotatable bonds is 6. The smallest absolute Gasteiger partial charge is 0.257 e. The normalized spacial score (nSPS) is 15.5. The van der Waals surface area contributed by atoms with E-state index >= 15 is 0 Å². The van der Waals surface area contributed by atoms with Crippen LogP contribution in [0, 0.1) is 11.6 Å². The Morgan fingerprint density at radius 2 is 2.00 bits per heavy atom. The van der Waals surface area contributed by atoms with Crippen molar-refractivity contribution in [2.75, 3.05) is 13.2 Å². The molecule has 1 aliphatic heterocycles. The molecular weight excluding hydrogens is 472 g/mol. The molecule has 34 heavy (non-hydrogen) atoms. The van der Waals surface area contributed by atoms with Gasteiger partial charge in [0.1, 0.15) is 18.2 Å². The van der Waals surface area contributed by atoms with Crippen molar-refractivity contribution < 1.29 is 28.2 Å². The molecule has 4 rings (SSSR count). The molecule has 0 radical (unpaired) electrons. The summed E-state index contributed by atoms with van der Waals surface area (Å²) in [5.41, 5.74) is -0.463. The minimum atomic E-state index is -1.35. The minimum Gasteiger partial charge on any atom is -0.486 e. The summed E-state index contributed by atoms with van der Waals surface area (Å²) >= 11 is 5.83. The van der Waals surface area contributed by atoms with E-state index in [1.54, 1.807) is 31.2 Å². The predicted octanol–water partition coefficient (Wildman–Crippen LogP) is 2.29. The topological polar surface area (TPSA) is 110 Å². The molecule has 3 N–H and O–H groups in total. The number of hydrogen-bond donors (Lipinski definition) is 3. The summed E-state index contributed by atoms with van der Waals surface area (Å²) in [4.78, 5) is 38.4. The SMILES string of the molecule is CC1COc2c(F)c(F)cc3c(=O)c(C(=O)NC(CO)C(=O)NCc4ccc(Cl)cc4)cn1c23. The lowest BCUT2D eigenvalue weighted by Crippen LogP contribution is -2.49. The van der Waals surface area contributed by atoms with Crippen molar-refractivity contribution in [1.82, 2.24) is 15.2 Å². The van der Waals surface area contributed by atoms with Crippen molar-refractivity contribution in [2.24, 2.45) is 0 Å². The van der Waals surface area contributed by atoms with E-state index in [2.05, 4.69) is 10.6 Å². The van der Waals surface area contributed by atoms with Crippen LogP contribution < -0.4 is 20.8 Å². The van der Waals surface area contributed by atoms with Crippen LogP contribution in [0.2, 0.25) is 5.02 Å². The van der Waals surface area contributed by atoms with E-state index in [1.807, 2.05) is 0 Å². The molecular formula is C23H20ClF2N3O5. The molecule has 2 heterocycles. The van der Waals surface area contributed by atoms with Gasteiger partial charge in [0.25, 0.3) is 5.91 Å². The largest absolute Gasteiger partial charge is 0.486 e. The van der Waals surface area contributed by atoms with Gasteiger partial charge in [-0.05, 0) is 30.7 Å². The predicted molar refractivity (Wildman–Crippen MR) is 120 cm³/mol. The monoisotopic (exact) mass is 491 g/mol. The Morgan fingerprint density at radius 1 is 1.29 bits per heavy atom. The highest BCUT2D eigenvalue weighted by atomic mass is 35.5. The zero-order valence-electron chi connectivity index (χ0n) is 17.9. The fourth-order valence-electron chi connectivity index (χ4n) is 3.70. The summed E-state index contributed by atoms with van der Waals surface area (Å²) in [6.45, 7) is 1.11. The zero-order chi connectivity index (χ0) is 24.6. The molecule has 2 aromatic carbocycles. The molecule has 1 aromatic heterocycles. The molecule has 2 amide bonds. The number of ether oxygens (including phenoxy) is 1. The molecule has 2 atom stereocenters. The standard InChI is InChI=1S/C23H20ClF2N3O5/c1-11-10-34-21-18(26)16(25)6-14-19(21)29(11)8-15(20(14)31)22(32)28-17(9-30)23(33)27-7-12-2-4-13(24)5-3-12/h2-6,8,11,17,30H,7,9-10H2,1H3,(H,27,33)(H,28,32). The number of amides is 2. The molecule has 8 nitrogen and oxygen atoms in total. The number of aromatic nitrogens is 1. The number of nitrogens with zero attached hydrogens (tertiary/aromatic N) is 1. The molecule has 0 saturated carbocycles. The van der Waals surface area contributed by atoms with Crippen molar-refractivity contribution in [3.05, 3.63) is 74.5 Å². The maximum Gasteiger partial charge on any atom is 0.257 e. The Labute approximate surface area is 197 Å². The van der Waals surface area contributed by atoms with Crippen molar-refractivity contribution >= 4 is 34.3 Å². The van der Waals surface area contributed by atoms with E-state index in [-0.39, 0.29) is 35.7 Å². The minimum absolute atomic E-state index is 0.00122. The zero-order valence-corrected chi connectivity index (χ0v) is 18.7. The molecule has 2 unspecified atom stereocenters. The number of benzene rings is 2. The van der Waals surface area contributed by atoms with E-state index in [9.17, 15) is 28.3 Å². The number of nitrogens with one attached hydrogen (secondary N) is 2. The summed E-state index contributed by atoms with van der Waals surface area (Å²) in [6.07, 6.45) is 1.22. The first-order valence-electron chi connectivity index (χ1n) is 10.3. The number of carbonyl (C=O) groups excluding carboxylic acids is 2. The van der Waals surface area contributed by atoms with Gasteiger partial charge in [0, 0.05) is 17.8 Å². The number of aliphatic hydroxyl groups excluding tert-OH is 1. The summed E-state index contributed by atoms with van der Waals surface area (Å²) in [5.74, 6) is -4.52. The van der Waals surface area contributed by atoms with Gasteiger partial charge in [-0.3, -0.25) is 14.4 Å². The van der Waals surface area contributed by atoms with E-state index < -0.39 is 47.3 Å². The lowest BCUT2D eigenvalue weighted by molar-refractivity contribution is -0.124. The van der Waals surface area contributed by atoms with Crippen LogP contribution in [0.4, 0.5) is 8.78 Å². The van der Waals surface area contributed by atoms with E-state index in [4.69, 9.17) is 16.3 Å². The van der Waals surface area contributed by atoms with Gasteiger partial charge in [0.05, 0.1) is 23.6 Å². The van der Waals surface area contributed by atoms with Crippen LogP contribution in [0.3, 0.4) is 0 Å². The van der Waals surface area contributed by atoms with Crippen LogP contribution >= 0.6 is 11.6 Å². The van der Waals surface area contributed by atoms with E-state index in [0.717, 1.165) is 5.56 Å². The van der Waals surface area contributed by atoms with Gasteiger partial charge < -0.3 is 25.0 Å². The van der Waals surface area contributed by atoms with Gasteiger partial charge in [0.2, 0.25) is 17.2 Å². The van der Waals surface area contributed by atoms with Crippen LogP contribution in [0.25, 0.3) is 10.9 Å². The summed E-state index contributed by atoms with van der Waals surface area (Å²) in [5, 5.41) is 14.8. The molecule has 0 fully saturated rings. The lowest BCUT2D eigenvalue weighted by Gasteiger charge is -2.27.